The highest BCUT2D eigenvalue weighted by molar-refractivity contribution is 9.10. The monoisotopic (exact) mass is 313 g/mol. The summed E-state index contributed by atoms with van der Waals surface area (Å²) in [5, 5.41) is 16.9. The molecule has 0 radical (unpaired) electrons. The van der Waals surface area contributed by atoms with Crippen LogP contribution in [0.1, 0.15) is 5.89 Å². The van der Waals surface area contributed by atoms with Crippen LogP contribution in [0.15, 0.2) is 25.6 Å². The molecule has 1 saturated heterocycles. The van der Waals surface area contributed by atoms with Gasteiger partial charge in [0.1, 0.15) is 0 Å². The lowest BCUT2D eigenvalue weighted by atomic mass is 10.0. The maximum atomic E-state index is 8.93. The van der Waals surface area contributed by atoms with E-state index in [0.717, 1.165) is 13.1 Å². The van der Waals surface area contributed by atoms with Gasteiger partial charge >= 0.3 is 0 Å². The van der Waals surface area contributed by atoms with Gasteiger partial charge in [-0.05, 0) is 28.1 Å². The molecule has 7 heteroatoms. The van der Waals surface area contributed by atoms with Crippen LogP contribution in [0, 0.1) is 5.92 Å². The van der Waals surface area contributed by atoms with Gasteiger partial charge in [-0.2, -0.15) is 0 Å². The summed E-state index contributed by atoms with van der Waals surface area (Å²) in [6.07, 6.45) is 0. The quantitative estimate of drug-likeness (QED) is 0.922. The molecule has 3 heterocycles. The van der Waals surface area contributed by atoms with E-state index < -0.39 is 0 Å². The minimum atomic E-state index is 0.242. The molecule has 0 atom stereocenters. The molecule has 96 valence electrons. The minimum Gasteiger partial charge on any atom is -0.444 e. The Morgan fingerprint density at radius 2 is 2.17 bits per heavy atom. The zero-order valence-electron chi connectivity index (χ0n) is 9.54. The lowest BCUT2D eigenvalue weighted by molar-refractivity contribution is 0.0417. The summed E-state index contributed by atoms with van der Waals surface area (Å²) < 4.78 is 11.5. The minimum absolute atomic E-state index is 0.242. The van der Waals surface area contributed by atoms with E-state index in [1.54, 1.807) is 12.1 Å². The molecular weight excluding hydrogens is 302 g/mol. The molecule has 0 saturated carbocycles. The van der Waals surface area contributed by atoms with Gasteiger partial charge < -0.3 is 13.9 Å². The summed E-state index contributed by atoms with van der Waals surface area (Å²) in [6.45, 7) is 2.61. The molecule has 2 aromatic rings. The van der Waals surface area contributed by atoms with Gasteiger partial charge in [-0.25, -0.2) is 0 Å². The fourth-order valence-electron chi connectivity index (χ4n) is 1.96. The van der Waals surface area contributed by atoms with Crippen LogP contribution >= 0.6 is 15.9 Å². The Balaban J connectivity index is 1.64. The van der Waals surface area contributed by atoms with Crippen molar-refractivity contribution in [3.63, 3.8) is 0 Å². The van der Waals surface area contributed by atoms with E-state index in [0.29, 0.717) is 34.7 Å². The van der Waals surface area contributed by atoms with Crippen LogP contribution < -0.4 is 0 Å². The third-order valence-corrected chi connectivity index (χ3v) is 3.33. The number of rotatable bonds is 4. The van der Waals surface area contributed by atoms with Crippen LogP contribution in [-0.4, -0.2) is 39.9 Å². The van der Waals surface area contributed by atoms with Crippen molar-refractivity contribution >= 4 is 15.9 Å². The van der Waals surface area contributed by atoms with Crippen molar-refractivity contribution in [2.24, 2.45) is 5.92 Å². The SMILES string of the molecule is OCC1CN(Cc2nnc(-c3ccc(Br)o3)o2)C1. The van der Waals surface area contributed by atoms with Gasteiger partial charge in [-0.3, -0.25) is 4.90 Å². The standard InChI is InChI=1S/C11H12BrN3O3/c12-9-2-1-8(17-9)11-14-13-10(18-11)5-15-3-7(4-15)6-16/h1-2,7,16H,3-6H2. The Bertz CT molecular complexity index is 533. The molecule has 0 aliphatic carbocycles. The summed E-state index contributed by atoms with van der Waals surface area (Å²) in [6, 6.07) is 3.55. The molecule has 2 aromatic heterocycles. The first kappa shape index (κ1) is 11.9. The molecule has 0 spiro atoms. The van der Waals surface area contributed by atoms with E-state index in [9.17, 15) is 0 Å². The van der Waals surface area contributed by atoms with Crippen molar-refractivity contribution < 1.29 is 13.9 Å². The second kappa shape index (κ2) is 4.83. The Kier molecular flexibility index (Phi) is 3.19. The molecule has 1 N–H and O–H groups in total. The predicted molar refractivity (Wildman–Crippen MR) is 65.6 cm³/mol. The Morgan fingerprint density at radius 1 is 1.33 bits per heavy atom. The number of halogens is 1. The fourth-order valence-corrected chi connectivity index (χ4v) is 2.27. The lowest BCUT2D eigenvalue weighted by Crippen LogP contribution is -2.47. The van der Waals surface area contributed by atoms with Crippen LogP contribution in [0.4, 0.5) is 0 Å². The summed E-state index contributed by atoms with van der Waals surface area (Å²) in [5.74, 6) is 1.88. The maximum absolute atomic E-state index is 8.93. The van der Waals surface area contributed by atoms with Gasteiger partial charge in [0, 0.05) is 25.6 Å². The number of hydrogen-bond donors (Lipinski definition) is 1. The Labute approximate surface area is 112 Å². The predicted octanol–water partition coefficient (Wildman–Crippen LogP) is 1.52. The molecule has 0 unspecified atom stereocenters. The second-order valence-electron chi connectivity index (χ2n) is 4.35. The number of aromatic nitrogens is 2. The largest absolute Gasteiger partial charge is 0.444 e. The zero-order valence-corrected chi connectivity index (χ0v) is 11.1. The second-order valence-corrected chi connectivity index (χ2v) is 5.13. The zero-order chi connectivity index (χ0) is 12.5. The van der Waals surface area contributed by atoms with E-state index in [1.165, 1.54) is 0 Å². The van der Waals surface area contributed by atoms with Gasteiger partial charge in [0.05, 0.1) is 6.54 Å². The number of furan rings is 1. The van der Waals surface area contributed by atoms with Crippen molar-refractivity contribution in [2.75, 3.05) is 19.7 Å². The van der Waals surface area contributed by atoms with Crippen LogP contribution in [0.25, 0.3) is 11.7 Å². The number of hydrogen-bond acceptors (Lipinski definition) is 6. The van der Waals surface area contributed by atoms with Gasteiger partial charge in [0.2, 0.25) is 5.89 Å². The summed E-state index contributed by atoms with van der Waals surface area (Å²) >= 11 is 3.22. The van der Waals surface area contributed by atoms with Crippen LogP contribution in [0.5, 0.6) is 0 Å². The van der Waals surface area contributed by atoms with Crippen molar-refractivity contribution in [2.45, 2.75) is 6.54 Å². The van der Waals surface area contributed by atoms with Gasteiger partial charge in [0.25, 0.3) is 5.89 Å². The molecule has 3 rings (SSSR count). The first-order chi connectivity index (χ1) is 8.74. The van der Waals surface area contributed by atoms with Gasteiger partial charge in [-0.15, -0.1) is 10.2 Å². The highest BCUT2D eigenvalue weighted by Gasteiger charge is 2.27. The van der Waals surface area contributed by atoms with E-state index in [4.69, 9.17) is 13.9 Å². The summed E-state index contributed by atoms with van der Waals surface area (Å²) in [7, 11) is 0. The number of nitrogens with zero attached hydrogens (tertiary/aromatic N) is 3. The Hall–Kier alpha value is -1.18. The molecule has 1 fully saturated rings. The normalized spacial score (nSPS) is 17.0. The molecule has 1 aliphatic rings. The summed E-state index contributed by atoms with van der Waals surface area (Å²) in [5.41, 5.74) is 0. The van der Waals surface area contributed by atoms with Crippen LogP contribution in [-0.2, 0) is 6.54 Å². The molecular formula is C11H12BrN3O3. The van der Waals surface area contributed by atoms with Crippen LogP contribution in [0.3, 0.4) is 0 Å². The maximum Gasteiger partial charge on any atom is 0.283 e. The average molecular weight is 314 g/mol. The van der Waals surface area contributed by atoms with Gasteiger partial charge in [0.15, 0.2) is 10.4 Å². The summed E-state index contributed by atoms with van der Waals surface area (Å²) in [4.78, 5) is 2.15. The third kappa shape index (κ3) is 2.33. The smallest absolute Gasteiger partial charge is 0.283 e. The van der Waals surface area contributed by atoms with Crippen LogP contribution in [0.2, 0.25) is 0 Å². The average Bonchev–Trinajstić information content (AvgIpc) is 2.91. The van der Waals surface area contributed by atoms with E-state index in [-0.39, 0.29) is 6.61 Å². The molecule has 6 nitrogen and oxygen atoms in total. The molecule has 0 bridgehead atoms. The lowest BCUT2D eigenvalue weighted by Gasteiger charge is -2.37. The van der Waals surface area contributed by atoms with Crippen molar-refractivity contribution in [1.29, 1.82) is 0 Å². The van der Waals surface area contributed by atoms with Gasteiger partial charge in [-0.1, -0.05) is 0 Å². The van der Waals surface area contributed by atoms with Crippen molar-refractivity contribution in [3.8, 4) is 11.7 Å². The molecule has 1 aliphatic heterocycles. The number of likely N-dealkylation sites (tertiary alicyclic amines) is 1. The molecule has 0 amide bonds. The first-order valence-corrected chi connectivity index (χ1v) is 6.45. The molecule has 0 aromatic carbocycles. The topological polar surface area (TPSA) is 75.5 Å². The Morgan fingerprint density at radius 3 is 2.83 bits per heavy atom. The van der Waals surface area contributed by atoms with Crippen molar-refractivity contribution in [3.05, 3.63) is 22.7 Å². The van der Waals surface area contributed by atoms with Crippen molar-refractivity contribution in [1.82, 2.24) is 15.1 Å². The highest BCUT2D eigenvalue weighted by atomic mass is 79.9. The fraction of sp³-hybridized carbons (Fsp3) is 0.455. The van der Waals surface area contributed by atoms with E-state index in [2.05, 4.69) is 31.0 Å². The van der Waals surface area contributed by atoms with E-state index >= 15 is 0 Å². The number of aliphatic hydroxyl groups is 1. The third-order valence-electron chi connectivity index (χ3n) is 2.90. The highest BCUT2D eigenvalue weighted by Crippen LogP contribution is 2.24. The van der Waals surface area contributed by atoms with E-state index in [1.807, 2.05) is 0 Å². The molecule has 18 heavy (non-hydrogen) atoms. The first-order valence-electron chi connectivity index (χ1n) is 5.66. The number of aliphatic hydroxyl groups excluding tert-OH is 1.